The molecule has 0 spiro atoms. The van der Waals surface area contributed by atoms with Gasteiger partial charge in [0.05, 0.1) is 17.7 Å². The Morgan fingerprint density at radius 2 is 1.83 bits per heavy atom. The molecule has 0 saturated heterocycles. The fraction of sp³-hybridized carbons (Fsp3) is 0.154. The molecule has 0 saturated carbocycles. The molecule has 1 aliphatic heterocycles. The van der Waals surface area contributed by atoms with Crippen LogP contribution in [0, 0.1) is 0 Å². The lowest BCUT2D eigenvalue weighted by molar-refractivity contribution is 0.0486. The number of nitrogens with zero attached hydrogens (tertiary/aromatic N) is 1. The number of para-hydroxylation sites is 1. The van der Waals surface area contributed by atoms with Crippen LogP contribution in [0.2, 0.25) is 0 Å². The van der Waals surface area contributed by atoms with E-state index in [0.717, 1.165) is 8.95 Å². The maximum atomic E-state index is 13.7. The number of nitrogens with one attached hydrogen (secondary N) is 2. The summed E-state index contributed by atoms with van der Waals surface area (Å²) >= 11 is 6.93. The molecule has 0 unspecified atom stereocenters. The molecule has 4 rings (SSSR count). The van der Waals surface area contributed by atoms with Crippen molar-refractivity contribution in [2.75, 3.05) is 18.5 Å². The first-order chi connectivity index (χ1) is 16.9. The van der Waals surface area contributed by atoms with E-state index in [4.69, 9.17) is 9.47 Å². The Morgan fingerprint density at radius 3 is 2.60 bits per heavy atom. The number of ether oxygens (including phenoxy) is 2. The second kappa shape index (κ2) is 11.0. The first-order valence-electron chi connectivity index (χ1n) is 10.9. The summed E-state index contributed by atoms with van der Waals surface area (Å²) in [5.74, 6) is 0.133. The molecule has 35 heavy (non-hydrogen) atoms. The van der Waals surface area contributed by atoms with Crippen LogP contribution in [0.4, 0.5) is 5.69 Å². The van der Waals surface area contributed by atoms with Gasteiger partial charge in [0.2, 0.25) is 0 Å². The Hall–Kier alpha value is -3.30. The van der Waals surface area contributed by atoms with Gasteiger partial charge in [-0.05, 0) is 55.5 Å². The fourth-order valence-electron chi connectivity index (χ4n) is 3.73. The highest BCUT2D eigenvalue weighted by molar-refractivity contribution is 9.10. The van der Waals surface area contributed by atoms with Gasteiger partial charge in [-0.2, -0.15) is 0 Å². The molecule has 9 heteroatoms. The van der Waals surface area contributed by atoms with Gasteiger partial charge in [0.15, 0.2) is 6.17 Å². The van der Waals surface area contributed by atoms with Crippen LogP contribution < -0.4 is 20.2 Å². The van der Waals surface area contributed by atoms with E-state index in [-0.39, 0.29) is 12.5 Å². The summed E-state index contributed by atoms with van der Waals surface area (Å²) in [4.78, 5) is 27.0. The third-order valence-electron chi connectivity index (χ3n) is 5.26. The molecule has 180 valence electrons. The van der Waals surface area contributed by atoms with Crippen LogP contribution in [0.3, 0.4) is 0 Å². The van der Waals surface area contributed by atoms with Crippen LogP contribution in [0.1, 0.15) is 39.4 Å². The van der Waals surface area contributed by atoms with E-state index in [1.807, 2.05) is 31.2 Å². The number of fused-ring (bicyclic) bond motifs is 1. The van der Waals surface area contributed by atoms with E-state index >= 15 is 0 Å². The number of anilines is 1. The van der Waals surface area contributed by atoms with E-state index in [0.29, 0.717) is 40.5 Å². The molecule has 0 radical (unpaired) electrons. The summed E-state index contributed by atoms with van der Waals surface area (Å²) in [5, 5.41) is 4.65. The van der Waals surface area contributed by atoms with Gasteiger partial charge in [-0.1, -0.05) is 56.6 Å². The number of amides is 2. The van der Waals surface area contributed by atoms with Gasteiger partial charge in [0, 0.05) is 20.2 Å². The van der Waals surface area contributed by atoms with Crippen molar-refractivity contribution in [2.45, 2.75) is 13.1 Å². The Morgan fingerprint density at radius 1 is 1.09 bits per heavy atom. The molecule has 0 fully saturated rings. The lowest BCUT2D eigenvalue weighted by atomic mass is 10.0. The van der Waals surface area contributed by atoms with Crippen molar-refractivity contribution >= 4 is 49.4 Å². The summed E-state index contributed by atoms with van der Waals surface area (Å²) in [6, 6.07) is 17.8. The predicted molar refractivity (Wildman–Crippen MR) is 142 cm³/mol. The quantitative estimate of drug-likeness (QED) is 0.306. The Labute approximate surface area is 220 Å². The Bertz CT molecular complexity index is 1280. The van der Waals surface area contributed by atoms with Crippen LogP contribution in [0.15, 0.2) is 82.3 Å². The molecule has 2 N–H and O–H groups in total. The number of carbonyl (C=O) groups excluding carboxylic acids is 2. The maximum absolute atomic E-state index is 13.7. The molecule has 3 aromatic carbocycles. The third kappa shape index (κ3) is 5.36. The van der Waals surface area contributed by atoms with E-state index in [1.165, 1.54) is 5.01 Å². The number of hydrogen-bond donors (Lipinski definition) is 2. The molecule has 0 aromatic heterocycles. The molecular weight excluding hydrogens is 578 g/mol. The van der Waals surface area contributed by atoms with Crippen LogP contribution >= 0.6 is 31.9 Å². The van der Waals surface area contributed by atoms with Crippen LogP contribution in [-0.4, -0.2) is 30.0 Å². The van der Waals surface area contributed by atoms with Gasteiger partial charge >= 0.3 is 0 Å². The molecule has 1 atom stereocenters. The molecule has 7 nitrogen and oxygen atoms in total. The van der Waals surface area contributed by atoms with Crippen LogP contribution in [0.25, 0.3) is 0 Å². The Kier molecular flexibility index (Phi) is 7.77. The molecule has 3 aromatic rings. The highest BCUT2D eigenvalue weighted by Gasteiger charge is 2.36. The first-order valence-corrected chi connectivity index (χ1v) is 12.5. The van der Waals surface area contributed by atoms with Crippen LogP contribution in [0.5, 0.6) is 11.5 Å². The van der Waals surface area contributed by atoms with E-state index in [9.17, 15) is 9.59 Å². The standard InChI is InChI=1S/C26H23Br2N3O4/c1-3-13-35-23-12-10-17(28)15-20(23)24-29-21-11-9-16(27)14-19(21)26(33)31(24)30-25(32)18-7-5-6-8-22(18)34-4-2/h3,5-12,14-15,24,29H,1,4,13H2,2H3,(H,30,32)/t24-/m1/s1. The second-order valence-electron chi connectivity index (χ2n) is 7.56. The van der Waals surface area contributed by atoms with E-state index < -0.39 is 12.1 Å². The molecule has 1 aliphatic rings. The summed E-state index contributed by atoms with van der Waals surface area (Å²) < 4.78 is 13.0. The second-order valence-corrected chi connectivity index (χ2v) is 9.40. The average Bonchev–Trinajstić information content (AvgIpc) is 2.85. The van der Waals surface area contributed by atoms with Crippen molar-refractivity contribution in [3.05, 3.63) is 99.0 Å². The van der Waals surface area contributed by atoms with E-state index in [2.05, 4.69) is 49.2 Å². The van der Waals surface area contributed by atoms with Gasteiger partial charge in [0.25, 0.3) is 11.8 Å². The number of hydrazine groups is 1. The summed E-state index contributed by atoms with van der Waals surface area (Å²) in [6.07, 6.45) is 0.888. The minimum absolute atomic E-state index is 0.285. The number of halogens is 2. The third-order valence-corrected chi connectivity index (χ3v) is 6.24. The summed E-state index contributed by atoms with van der Waals surface area (Å²) in [5.41, 5.74) is 4.82. The fourth-order valence-corrected chi connectivity index (χ4v) is 4.47. The zero-order chi connectivity index (χ0) is 24.9. The van der Waals surface area contributed by atoms with Crippen LogP contribution in [-0.2, 0) is 0 Å². The molecule has 0 bridgehead atoms. The summed E-state index contributed by atoms with van der Waals surface area (Å²) in [7, 11) is 0. The van der Waals surface area contributed by atoms with Crippen molar-refractivity contribution in [3.8, 4) is 11.5 Å². The number of benzene rings is 3. The van der Waals surface area contributed by atoms with Gasteiger partial charge in [0.1, 0.15) is 18.1 Å². The smallest absolute Gasteiger partial charge is 0.276 e. The largest absolute Gasteiger partial charge is 0.493 e. The Balaban J connectivity index is 1.78. The molecular formula is C26H23Br2N3O4. The van der Waals surface area contributed by atoms with Gasteiger partial charge in [-0.15, -0.1) is 0 Å². The monoisotopic (exact) mass is 599 g/mol. The highest BCUT2D eigenvalue weighted by Crippen LogP contribution is 2.38. The minimum Gasteiger partial charge on any atom is -0.493 e. The zero-order valence-electron chi connectivity index (χ0n) is 18.9. The molecule has 2 amide bonds. The first kappa shape index (κ1) is 24.8. The van der Waals surface area contributed by atoms with Crippen molar-refractivity contribution in [2.24, 2.45) is 0 Å². The van der Waals surface area contributed by atoms with Gasteiger partial charge in [-0.3, -0.25) is 15.0 Å². The topological polar surface area (TPSA) is 79.9 Å². The number of rotatable bonds is 8. The number of hydrogen-bond acceptors (Lipinski definition) is 5. The van der Waals surface area contributed by atoms with Gasteiger partial charge < -0.3 is 14.8 Å². The zero-order valence-corrected chi connectivity index (χ0v) is 22.1. The SMILES string of the molecule is C=CCOc1ccc(Br)cc1[C@@H]1Nc2ccc(Br)cc2C(=O)N1NC(=O)c1ccccc1OCC. The summed E-state index contributed by atoms with van der Waals surface area (Å²) in [6.45, 7) is 6.24. The van der Waals surface area contributed by atoms with Crippen molar-refractivity contribution in [1.29, 1.82) is 0 Å². The van der Waals surface area contributed by atoms with Crippen molar-refractivity contribution in [1.82, 2.24) is 10.4 Å². The molecule has 0 aliphatic carbocycles. The van der Waals surface area contributed by atoms with Gasteiger partial charge in [-0.25, -0.2) is 5.01 Å². The average molecular weight is 601 g/mol. The minimum atomic E-state index is -0.753. The van der Waals surface area contributed by atoms with E-state index in [1.54, 1.807) is 42.5 Å². The maximum Gasteiger partial charge on any atom is 0.276 e. The van der Waals surface area contributed by atoms with Crippen molar-refractivity contribution < 1.29 is 19.1 Å². The normalized spacial score (nSPS) is 14.5. The lowest BCUT2D eigenvalue weighted by Gasteiger charge is -2.38. The highest BCUT2D eigenvalue weighted by atomic mass is 79.9. The van der Waals surface area contributed by atoms with Crippen molar-refractivity contribution in [3.63, 3.8) is 0 Å². The molecule has 1 heterocycles. The number of carbonyl (C=O) groups is 2. The lowest BCUT2D eigenvalue weighted by Crippen LogP contribution is -2.53. The predicted octanol–water partition coefficient (Wildman–Crippen LogP) is 6.09.